The van der Waals surface area contributed by atoms with E-state index in [4.69, 9.17) is 0 Å². The molecule has 1 heterocycles. The van der Waals surface area contributed by atoms with Crippen molar-refractivity contribution in [3.8, 4) is 0 Å². The molecule has 0 aromatic carbocycles. The Morgan fingerprint density at radius 3 is 2.73 bits per heavy atom. The first kappa shape index (κ1) is 8.13. The van der Waals surface area contributed by atoms with Gasteiger partial charge in [-0.3, -0.25) is 0 Å². The van der Waals surface area contributed by atoms with Crippen molar-refractivity contribution >= 4 is 21.9 Å². The van der Waals surface area contributed by atoms with E-state index in [-0.39, 0.29) is 5.69 Å². The van der Waals surface area contributed by atoms with Crippen molar-refractivity contribution in [1.29, 1.82) is 0 Å². The van der Waals surface area contributed by atoms with Gasteiger partial charge in [0, 0.05) is 0 Å². The third-order valence-corrected chi connectivity index (χ3v) is 1.42. The van der Waals surface area contributed by atoms with Gasteiger partial charge < -0.3 is 4.74 Å². The summed E-state index contributed by atoms with van der Waals surface area (Å²) in [6.45, 7) is 0. The molecule has 5 heteroatoms. The molecular weight excluding hydrogens is 212 g/mol. The van der Waals surface area contributed by atoms with E-state index in [9.17, 15) is 4.79 Å². The van der Waals surface area contributed by atoms with E-state index in [0.29, 0.717) is 4.60 Å². The highest BCUT2D eigenvalue weighted by atomic mass is 79.9. The Balaban J connectivity index is 2.90. The second-order valence-corrected chi connectivity index (χ2v) is 2.53. The fourth-order valence-corrected chi connectivity index (χ4v) is 0.727. The van der Waals surface area contributed by atoms with Gasteiger partial charge in [-0.15, -0.1) is 0 Å². The number of methoxy groups -OCH3 is 1. The summed E-state index contributed by atoms with van der Waals surface area (Å²) >= 11 is 3.09. The molecule has 0 aliphatic carbocycles. The molecule has 0 amide bonds. The van der Waals surface area contributed by atoms with Crippen LogP contribution in [0.5, 0.6) is 0 Å². The Hall–Kier alpha value is -0.970. The van der Waals surface area contributed by atoms with E-state index in [1.165, 1.54) is 19.5 Å². The van der Waals surface area contributed by atoms with Crippen molar-refractivity contribution in [1.82, 2.24) is 9.97 Å². The molecule has 0 aliphatic rings. The van der Waals surface area contributed by atoms with Gasteiger partial charge in [0.25, 0.3) is 0 Å². The summed E-state index contributed by atoms with van der Waals surface area (Å²) in [6.07, 6.45) is 2.78. The Kier molecular flexibility index (Phi) is 2.53. The van der Waals surface area contributed by atoms with Gasteiger partial charge in [-0.2, -0.15) is 0 Å². The molecule has 0 saturated carbocycles. The normalized spacial score (nSPS) is 9.27. The van der Waals surface area contributed by atoms with Gasteiger partial charge in [0.2, 0.25) is 0 Å². The third-order valence-electron chi connectivity index (χ3n) is 1.01. The van der Waals surface area contributed by atoms with Crippen molar-refractivity contribution in [2.24, 2.45) is 0 Å². The van der Waals surface area contributed by atoms with Crippen LogP contribution in [0, 0.1) is 0 Å². The lowest BCUT2D eigenvalue weighted by atomic mass is 10.5. The molecule has 11 heavy (non-hydrogen) atoms. The van der Waals surface area contributed by atoms with Crippen molar-refractivity contribution in [2.75, 3.05) is 7.11 Å². The third kappa shape index (κ3) is 1.98. The number of rotatable bonds is 1. The minimum atomic E-state index is -0.481. The molecule has 0 fully saturated rings. The molecule has 0 aliphatic heterocycles. The number of halogens is 1. The maximum atomic E-state index is 10.8. The van der Waals surface area contributed by atoms with Gasteiger partial charge in [-0.25, -0.2) is 14.8 Å². The fraction of sp³-hybridized carbons (Fsp3) is 0.167. The van der Waals surface area contributed by atoms with Gasteiger partial charge in [0.05, 0.1) is 19.5 Å². The zero-order chi connectivity index (χ0) is 8.27. The van der Waals surface area contributed by atoms with Gasteiger partial charge in [-0.05, 0) is 15.9 Å². The fourth-order valence-electron chi connectivity index (χ4n) is 0.522. The number of nitrogens with zero attached hydrogens (tertiary/aromatic N) is 2. The lowest BCUT2D eigenvalue weighted by molar-refractivity contribution is 0.0593. The largest absolute Gasteiger partial charge is 0.464 e. The number of hydrogen-bond acceptors (Lipinski definition) is 4. The van der Waals surface area contributed by atoms with Crippen molar-refractivity contribution in [2.45, 2.75) is 0 Å². The molecule has 58 valence electrons. The second kappa shape index (κ2) is 3.43. The lowest BCUT2D eigenvalue weighted by Gasteiger charge is -1.95. The lowest BCUT2D eigenvalue weighted by Crippen LogP contribution is -2.04. The van der Waals surface area contributed by atoms with Crippen LogP contribution in [0.1, 0.15) is 10.5 Å². The molecule has 1 aromatic heterocycles. The highest BCUT2D eigenvalue weighted by Gasteiger charge is 2.05. The van der Waals surface area contributed by atoms with E-state index in [0.717, 1.165) is 0 Å². The quantitative estimate of drug-likeness (QED) is 0.659. The summed E-state index contributed by atoms with van der Waals surface area (Å²) in [5.41, 5.74) is 0.204. The van der Waals surface area contributed by atoms with Crippen LogP contribution in [0.15, 0.2) is 17.0 Å². The zero-order valence-electron chi connectivity index (χ0n) is 5.74. The SMILES string of the molecule is COC(=O)c1cnc(Br)cn1. The standard InChI is InChI=1S/C6H5BrN2O2/c1-11-6(10)4-2-9-5(7)3-8-4/h2-3H,1H3. The summed E-state index contributed by atoms with van der Waals surface area (Å²) in [5, 5.41) is 0. The van der Waals surface area contributed by atoms with Gasteiger partial charge >= 0.3 is 5.97 Å². The van der Waals surface area contributed by atoms with Crippen LogP contribution in [0.3, 0.4) is 0 Å². The average molecular weight is 217 g/mol. The Bertz CT molecular complexity index is 260. The maximum Gasteiger partial charge on any atom is 0.358 e. The maximum absolute atomic E-state index is 10.8. The molecule has 0 atom stereocenters. The van der Waals surface area contributed by atoms with Crippen LogP contribution < -0.4 is 0 Å². The number of esters is 1. The Morgan fingerprint density at radius 2 is 2.27 bits per heavy atom. The summed E-state index contributed by atoms with van der Waals surface area (Å²) in [4.78, 5) is 18.4. The number of carbonyl (C=O) groups is 1. The Labute approximate surface area is 71.7 Å². The number of ether oxygens (including phenoxy) is 1. The first-order valence-corrected chi connectivity index (χ1v) is 3.59. The molecule has 0 N–H and O–H groups in total. The summed E-state index contributed by atoms with van der Waals surface area (Å²) in [7, 11) is 1.30. The van der Waals surface area contributed by atoms with Crippen molar-refractivity contribution < 1.29 is 9.53 Å². The van der Waals surface area contributed by atoms with Crippen LogP contribution in [0.25, 0.3) is 0 Å². The van der Waals surface area contributed by atoms with Gasteiger partial charge in [0.15, 0.2) is 5.69 Å². The Morgan fingerprint density at radius 1 is 1.55 bits per heavy atom. The molecule has 0 saturated heterocycles. The minimum absolute atomic E-state index is 0.204. The molecule has 1 rings (SSSR count). The molecule has 0 unspecified atom stereocenters. The van der Waals surface area contributed by atoms with Crippen LogP contribution in [0.4, 0.5) is 0 Å². The summed E-state index contributed by atoms with van der Waals surface area (Å²) in [6, 6.07) is 0. The predicted octanol–water partition coefficient (Wildman–Crippen LogP) is 1.03. The van der Waals surface area contributed by atoms with Gasteiger partial charge in [0.1, 0.15) is 4.60 Å². The van der Waals surface area contributed by atoms with E-state index < -0.39 is 5.97 Å². The average Bonchev–Trinajstić information content (AvgIpc) is 2.05. The number of hydrogen-bond donors (Lipinski definition) is 0. The van der Waals surface area contributed by atoms with Crippen LogP contribution >= 0.6 is 15.9 Å². The number of aromatic nitrogens is 2. The van der Waals surface area contributed by atoms with Crippen molar-refractivity contribution in [3.63, 3.8) is 0 Å². The smallest absolute Gasteiger partial charge is 0.358 e. The molecule has 0 radical (unpaired) electrons. The highest BCUT2D eigenvalue weighted by molar-refractivity contribution is 9.10. The van der Waals surface area contributed by atoms with Crippen molar-refractivity contribution in [3.05, 3.63) is 22.7 Å². The van der Waals surface area contributed by atoms with E-state index >= 15 is 0 Å². The molecular formula is C6H5BrN2O2. The first-order valence-electron chi connectivity index (χ1n) is 2.80. The van der Waals surface area contributed by atoms with E-state index in [1.54, 1.807) is 0 Å². The van der Waals surface area contributed by atoms with Crippen LogP contribution in [0.2, 0.25) is 0 Å². The van der Waals surface area contributed by atoms with Crippen LogP contribution in [-0.2, 0) is 4.74 Å². The topological polar surface area (TPSA) is 52.1 Å². The molecule has 4 nitrogen and oxygen atoms in total. The van der Waals surface area contributed by atoms with E-state index in [1.807, 2.05) is 0 Å². The second-order valence-electron chi connectivity index (χ2n) is 1.72. The zero-order valence-corrected chi connectivity index (χ0v) is 7.33. The summed E-state index contributed by atoms with van der Waals surface area (Å²) in [5.74, 6) is -0.481. The number of carbonyl (C=O) groups excluding carboxylic acids is 1. The molecule has 0 spiro atoms. The van der Waals surface area contributed by atoms with E-state index in [2.05, 4.69) is 30.6 Å². The minimum Gasteiger partial charge on any atom is -0.464 e. The molecule has 0 bridgehead atoms. The first-order chi connectivity index (χ1) is 5.24. The van der Waals surface area contributed by atoms with Crippen LogP contribution in [-0.4, -0.2) is 23.0 Å². The van der Waals surface area contributed by atoms with Gasteiger partial charge in [-0.1, -0.05) is 0 Å². The highest BCUT2D eigenvalue weighted by Crippen LogP contribution is 2.02. The molecule has 1 aromatic rings. The monoisotopic (exact) mass is 216 g/mol. The summed E-state index contributed by atoms with van der Waals surface area (Å²) < 4.78 is 5.01. The predicted molar refractivity (Wildman–Crippen MR) is 41.1 cm³/mol.